The smallest absolute Gasteiger partial charge is 0.304 e. The van der Waals surface area contributed by atoms with Crippen LogP contribution < -0.4 is 0 Å². The summed E-state index contributed by atoms with van der Waals surface area (Å²) in [6, 6.07) is 0. The lowest BCUT2D eigenvalue weighted by molar-refractivity contribution is -0.140. The topological polar surface area (TPSA) is 71.4 Å². The Morgan fingerprint density at radius 1 is 1.23 bits per heavy atom. The van der Waals surface area contributed by atoms with Gasteiger partial charge in [-0.15, -0.1) is 0 Å². The van der Waals surface area contributed by atoms with Crippen LogP contribution in [0.2, 0.25) is 0 Å². The van der Waals surface area contributed by atoms with Crippen LogP contribution in [-0.2, 0) is 14.4 Å². The summed E-state index contributed by atoms with van der Waals surface area (Å²) in [6.45, 7) is 2.98. The normalized spacial score (nSPS) is 12.2. The van der Waals surface area contributed by atoms with E-state index in [9.17, 15) is 14.4 Å². The summed E-state index contributed by atoms with van der Waals surface area (Å²) in [4.78, 5) is 31.9. The third-order valence-electron chi connectivity index (χ3n) is 1.75. The minimum Gasteiger partial charge on any atom is -0.481 e. The maximum absolute atomic E-state index is 11.2. The maximum atomic E-state index is 11.2. The van der Waals surface area contributed by atoms with E-state index in [0.29, 0.717) is 0 Å². The largest absolute Gasteiger partial charge is 0.481 e. The number of hydrogen-bond donors (Lipinski definition) is 1. The summed E-state index contributed by atoms with van der Waals surface area (Å²) < 4.78 is 0. The minimum atomic E-state index is -0.983. The molecular weight excluding hydrogens is 172 g/mol. The molecule has 1 atom stereocenters. The first-order chi connectivity index (χ1) is 5.93. The second-order valence-corrected chi connectivity index (χ2v) is 3.17. The van der Waals surface area contributed by atoms with Crippen molar-refractivity contribution < 1.29 is 19.5 Å². The predicted octanol–water partition coefficient (Wildman–Crippen LogP) is 1.04. The molecule has 0 aliphatic rings. The van der Waals surface area contributed by atoms with Crippen molar-refractivity contribution in [1.82, 2.24) is 0 Å². The first-order valence-electron chi connectivity index (χ1n) is 4.17. The summed E-state index contributed by atoms with van der Waals surface area (Å²) in [5, 5.41) is 8.39. The monoisotopic (exact) mass is 186 g/mol. The number of carboxylic acid groups (broad SMARTS) is 1. The van der Waals surface area contributed by atoms with Crippen LogP contribution in [-0.4, -0.2) is 22.6 Å². The van der Waals surface area contributed by atoms with Gasteiger partial charge < -0.3 is 9.90 Å². The number of Topliss-reactive ketones (excluding diaryl/α,β-unsaturated/α-hetero) is 2. The summed E-state index contributed by atoms with van der Waals surface area (Å²) in [5.41, 5.74) is 0. The second kappa shape index (κ2) is 5.45. The second-order valence-electron chi connectivity index (χ2n) is 3.17. The highest BCUT2D eigenvalue weighted by molar-refractivity contribution is 5.88. The van der Waals surface area contributed by atoms with E-state index in [-0.39, 0.29) is 30.8 Å². The molecule has 13 heavy (non-hydrogen) atoms. The Hall–Kier alpha value is -1.19. The third kappa shape index (κ3) is 6.02. The van der Waals surface area contributed by atoms with Crippen LogP contribution in [0.3, 0.4) is 0 Å². The van der Waals surface area contributed by atoms with Gasteiger partial charge in [-0.2, -0.15) is 0 Å². The molecule has 0 saturated heterocycles. The van der Waals surface area contributed by atoms with Crippen LogP contribution in [0.25, 0.3) is 0 Å². The molecule has 0 amide bonds. The summed E-state index contributed by atoms with van der Waals surface area (Å²) in [7, 11) is 0. The first-order valence-corrected chi connectivity index (χ1v) is 4.17. The molecule has 0 aliphatic heterocycles. The van der Waals surface area contributed by atoms with Gasteiger partial charge in [0.15, 0.2) is 0 Å². The summed E-state index contributed by atoms with van der Waals surface area (Å²) in [5.74, 6) is -1.67. The Morgan fingerprint density at radius 3 is 2.15 bits per heavy atom. The van der Waals surface area contributed by atoms with Crippen molar-refractivity contribution in [2.75, 3.05) is 0 Å². The number of carboxylic acids is 1. The molecule has 0 radical (unpaired) electrons. The van der Waals surface area contributed by atoms with Crippen molar-refractivity contribution in [2.45, 2.75) is 33.1 Å². The van der Waals surface area contributed by atoms with E-state index in [1.165, 1.54) is 6.92 Å². The Morgan fingerprint density at radius 2 is 1.77 bits per heavy atom. The summed E-state index contributed by atoms with van der Waals surface area (Å²) in [6.07, 6.45) is 0.212. The molecule has 0 aromatic carbocycles. The maximum Gasteiger partial charge on any atom is 0.304 e. The fourth-order valence-corrected chi connectivity index (χ4v) is 0.921. The molecule has 0 bridgehead atoms. The van der Waals surface area contributed by atoms with Crippen molar-refractivity contribution in [3.8, 4) is 0 Å². The number of rotatable bonds is 6. The van der Waals surface area contributed by atoms with E-state index in [0.717, 1.165) is 0 Å². The lowest BCUT2D eigenvalue weighted by atomic mass is 9.98. The molecule has 0 rings (SSSR count). The molecule has 0 heterocycles. The molecule has 1 unspecified atom stereocenters. The van der Waals surface area contributed by atoms with Gasteiger partial charge in [-0.25, -0.2) is 0 Å². The van der Waals surface area contributed by atoms with E-state index in [2.05, 4.69) is 0 Å². The van der Waals surface area contributed by atoms with Crippen LogP contribution in [0.5, 0.6) is 0 Å². The number of carbonyl (C=O) groups excluding carboxylic acids is 2. The van der Waals surface area contributed by atoms with Gasteiger partial charge in [0.05, 0.1) is 6.42 Å². The molecule has 0 saturated carbocycles. The number of aliphatic carboxylic acids is 1. The van der Waals surface area contributed by atoms with Gasteiger partial charge in [0.1, 0.15) is 11.6 Å². The Bertz CT molecular complexity index is 220. The van der Waals surface area contributed by atoms with E-state index in [4.69, 9.17) is 5.11 Å². The molecule has 1 N–H and O–H groups in total. The Labute approximate surface area is 76.9 Å². The van der Waals surface area contributed by atoms with Crippen molar-refractivity contribution in [3.63, 3.8) is 0 Å². The van der Waals surface area contributed by atoms with Crippen LogP contribution in [0, 0.1) is 5.92 Å². The number of ketones is 2. The quantitative estimate of drug-likeness (QED) is 0.672. The van der Waals surface area contributed by atoms with Gasteiger partial charge in [0.2, 0.25) is 0 Å². The molecule has 0 spiro atoms. The molecule has 0 aromatic rings. The van der Waals surface area contributed by atoms with Crippen LogP contribution >= 0.6 is 0 Å². The van der Waals surface area contributed by atoms with Gasteiger partial charge in [0.25, 0.3) is 0 Å². The minimum absolute atomic E-state index is 0.0455. The highest BCUT2D eigenvalue weighted by Gasteiger charge is 2.16. The number of carbonyl (C=O) groups is 3. The molecule has 0 aliphatic carbocycles. The number of hydrogen-bond acceptors (Lipinski definition) is 3. The van der Waals surface area contributed by atoms with Gasteiger partial charge in [-0.05, 0) is 6.92 Å². The molecular formula is C9H14O4. The van der Waals surface area contributed by atoms with Crippen LogP contribution in [0.1, 0.15) is 33.1 Å². The fourth-order valence-electron chi connectivity index (χ4n) is 0.921. The highest BCUT2D eigenvalue weighted by Crippen LogP contribution is 2.07. The standard InChI is InChI=1S/C9H14O4/c1-6(5-9(12)13)8(11)4-3-7(2)10/h6H,3-5H2,1-2H3,(H,12,13). The predicted molar refractivity (Wildman–Crippen MR) is 46.3 cm³/mol. The van der Waals surface area contributed by atoms with E-state index in [1.54, 1.807) is 6.92 Å². The molecule has 0 fully saturated rings. The van der Waals surface area contributed by atoms with Gasteiger partial charge in [-0.3, -0.25) is 9.59 Å². The van der Waals surface area contributed by atoms with E-state index < -0.39 is 11.9 Å². The zero-order chi connectivity index (χ0) is 10.4. The van der Waals surface area contributed by atoms with Crippen LogP contribution in [0.4, 0.5) is 0 Å². The zero-order valence-electron chi connectivity index (χ0n) is 7.87. The highest BCUT2D eigenvalue weighted by atomic mass is 16.4. The van der Waals surface area contributed by atoms with Crippen molar-refractivity contribution in [1.29, 1.82) is 0 Å². The van der Waals surface area contributed by atoms with Crippen molar-refractivity contribution in [2.24, 2.45) is 5.92 Å². The van der Waals surface area contributed by atoms with Crippen molar-refractivity contribution >= 4 is 17.5 Å². The van der Waals surface area contributed by atoms with Crippen molar-refractivity contribution in [3.05, 3.63) is 0 Å². The van der Waals surface area contributed by atoms with Gasteiger partial charge in [0, 0.05) is 18.8 Å². The Balaban J connectivity index is 3.82. The first kappa shape index (κ1) is 11.8. The molecule has 4 heteroatoms. The third-order valence-corrected chi connectivity index (χ3v) is 1.75. The Kier molecular flexibility index (Phi) is 4.96. The average Bonchev–Trinajstić information content (AvgIpc) is 1.98. The van der Waals surface area contributed by atoms with E-state index >= 15 is 0 Å². The van der Waals surface area contributed by atoms with Gasteiger partial charge in [-0.1, -0.05) is 6.92 Å². The SMILES string of the molecule is CC(=O)CCC(=O)C(C)CC(=O)O. The molecule has 74 valence electrons. The van der Waals surface area contributed by atoms with Crippen LogP contribution in [0.15, 0.2) is 0 Å². The lowest BCUT2D eigenvalue weighted by Gasteiger charge is -2.05. The van der Waals surface area contributed by atoms with E-state index in [1.807, 2.05) is 0 Å². The van der Waals surface area contributed by atoms with Gasteiger partial charge >= 0.3 is 5.97 Å². The fraction of sp³-hybridized carbons (Fsp3) is 0.667. The lowest BCUT2D eigenvalue weighted by Crippen LogP contribution is -2.15. The molecule has 4 nitrogen and oxygen atoms in total. The zero-order valence-corrected chi connectivity index (χ0v) is 7.87. The summed E-state index contributed by atoms with van der Waals surface area (Å²) >= 11 is 0. The average molecular weight is 186 g/mol. The molecule has 0 aromatic heterocycles.